The average molecular weight is 309 g/mol. The Bertz CT molecular complexity index is 643. The summed E-state index contributed by atoms with van der Waals surface area (Å²) < 4.78 is 26.9. The summed E-state index contributed by atoms with van der Waals surface area (Å²) in [5.41, 5.74) is 0.598. The molecule has 0 saturated heterocycles. The molecule has 0 saturated carbocycles. The van der Waals surface area contributed by atoms with E-state index in [-0.39, 0.29) is 28.5 Å². The van der Waals surface area contributed by atoms with Gasteiger partial charge in [0.25, 0.3) is 6.43 Å². The van der Waals surface area contributed by atoms with Crippen molar-refractivity contribution in [2.24, 2.45) is 0 Å². The van der Waals surface area contributed by atoms with Crippen molar-refractivity contribution in [2.75, 3.05) is 0 Å². The highest BCUT2D eigenvalue weighted by Gasteiger charge is 2.20. The number of hydrogen-bond acceptors (Lipinski definition) is 2. The zero-order chi connectivity index (χ0) is 14.2. The molecule has 0 spiro atoms. The second-order valence-corrected chi connectivity index (χ2v) is 4.64. The van der Waals surface area contributed by atoms with E-state index in [0.717, 1.165) is 4.57 Å². The van der Waals surface area contributed by atoms with E-state index in [1.165, 1.54) is 12.1 Å². The first-order valence-electron chi connectivity index (χ1n) is 5.25. The van der Waals surface area contributed by atoms with Crippen LogP contribution >= 0.6 is 23.2 Å². The molecule has 0 radical (unpaired) electrons. The van der Waals surface area contributed by atoms with Gasteiger partial charge in [-0.25, -0.2) is 13.8 Å². The predicted octanol–water partition coefficient (Wildman–Crippen LogP) is 3.76. The Morgan fingerprint density at radius 1 is 1.37 bits per heavy atom. The molecule has 1 aromatic heterocycles. The fourth-order valence-corrected chi connectivity index (χ4v) is 2.06. The number of nitrogens with zero attached hydrogens (tertiary/aromatic N) is 2. The second-order valence-electron chi connectivity index (χ2n) is 3.82. The van der Waals surface area contributed by atoms with Gasteiger partial charge in [-0.05, 0) is 12.1 Å². The van der Waals surface area contributed by atoms with Crippen LogP contribution in [-0.2, 0) is 11.3 Å². The van der Waals surface area contributed by atoms with Crippen molar-refractivity contribution in [3.63, 3.8) is 0 Å². The fraction of sp³-hybridized carbons (Fsp3) is 0.273. The lowest BCUT2D eigenvalue weighted by molar-refractivity contribution is -0.137. The SMILES string of the molecule is O=C(O)CCn1c(C(F)F)nc2cc(Cl)c(Cl)cc21. The number of aryl methyl sites for hydroxylation is 1. The summed E-state index contributed by atoms with van der Waals surface area (Å²) in [6.07, 6.45) is -3.09. The van der Waals surface area contributed by atoms with E-state index >= 15 is 0 Å². The molecule has 2 rings (SSSR count). The molecule has 2 aromatic rings. The van der Waals surface area contributed by atoms with Gasteiger partial charge in [0.05, 0.1) is 27.5 Å². The van der Waals surface area contributed by atoms with Crippen LogP contribution in [0.4, 0.5) is 8.78 Å². The quantitative estimate of drug-likeness (QED) is 0.935. The molecular weight excluding hydrogens is 301 g/mol. The summed E-state index contributed by atoms with van der Waals surface area (Å²) in [4.78, 5) is 14.3. The highest BCUT2D eigenvalue weighted by atomic mass is 35.5. The lowest BCUT2D eigenvalue weighted by Crippen LogP contribution is -2.08. The Morgan fingerprint density at radius 2 is 2.00 bits per heavy atom. The molecule has 1 N–H and O–H groups in total. The third kappa shape index (κ3) is 2.79. The second kappa shape index (κ2) is 5.30. The van der Waals surface area contributed by atoms with Gasteiger partial charge in [0.15, 0.2) is 5.82 Å². The highest BCUT2D eigenvalue weighted by Crippen LogP contribution is 2.31. The van der Waals surface area contributed by atoms with Crippen LogP contribution in [0.5, 0.6) is 0 Å². The van der Waals surface area contributed by atoms with E-state index in [4.69, 9.17) is 28.3 Å². The number of aliphatic carboxylic acids is 1. The Labute approximate surface area is 116 Å². The van der Waals surface area contributed by atoms with Crippen molar-refractivity contribution >= 4 is 40.2 Å². The molecule has 0 amide bonds. The van der Waals surface area contributed by atoms with E-state index in [1.807, 2.05) is 0 Å². The largest absolute Gasteiger partial charge is 0.481 e. The minimum absolute atomic E-state index is 0.108. The molecule has 0 aliphatic carbocycles. The number of halogens is 4. The lowest BCUT2D eigenvalue weighted by Gasteiger charge is -2.07. The van der Waals surface area contributed by atoms with Gasteiger partial charge in [0.2, 0.25) is 0 Å². The zero-order valence-corrected chi connectivity index (χ0v) is 10.9. The fourth-order valence-electron chi connectivity index (χ4n) is 1.75. The van der Waals surface area contributed by atoms with Gasteiger partial charge in [-0.3, -0.25) is 4.79 Å². The van der Waals surface area contributed by atoms with Gasteiger partial charge in [0, 0.05) is 6.54 Å². The molecule has 0 aliphatic rings. The number of aromatic nitrogens is 2. The van der Waals surface area contributed by atoms with Crippen LogP contribution in [0, 0.1) is 0 Å². The number of carbonyl (C=O) groups is 1. The Hall–Kier alpha value is -1.40. The molecule has 0 atom stereocenters. The maximum atomic E-state index is 12.9. The molecule has 0 aliphatic heterocycles. The zero-order valence-electron chi connectivity index (χ0n) is 9.41. The molecule has 1 heterocycles. The van der Waals surface area contributed by atoms with Crippen molar-refractivity contribution in [3.8, 4) is 0 Å². The Kier molecular flexibility index (Phi) is 3.91. The molecule has 19 heavy (non-hydrogen) atoms. The summed E-state index contributed by atoms with van der Waals surface area (Å²) >= 11 is 11.6. The number of rotatable bonds is 4. The minimum atomic E-state index is -2.81. The maximum Gasteiger partial charge on any atom is 0.305 e. The standard InChI is InChI=1S/C11H8Cl2F2N2O2/c12-5-3-7-8(4-6(5)13)17(2-1-9(18)19)11(16-7)10(14)15/h3-4,10H,1-2H2,(H,18,19). The minimum Gasteiger partial charge on any atom is -0.481 e. The van der Waals surface area contributed by atoms with Crippen molar-refractivity contribution in [2.45, 2.75) is 19.4 Å². The molecule has 1 aromatic carbocycles. The molecule has 0 unspecified atom stereocenters. The molecule has 8 heteroatoms. The summed E-state index contributed by atoms with van der Waals surface area (Å²) in [5, 5.41) is 9.05. The van der Waals surface area contributed by atoms with Crippen LogP contribution in [0.25, 0.3) is 11.0 Å². The average Bonchev–Trinajstić information content (AvgIpc) is 2.65. The summed E-state index contributed by atoms with van der Waals surface area (Å²) in [7, 11) is 0. The van der Waals surface area contributed by atoms with Crippen molar-refractivity contribution in [1.29, 1.82) is 0 Å². The van der Waals surface area contributed by atoms with Gasteiger partial charge >= 0.3 is 5.97 Å². The molecule has 0 bridgehead atoms. The van der Waals surface area contributed by atoms with E-state index in [2.05, 4.69) is 4.98 Å². The topological polar surface area (TPSA) is 55.1 Å². The van der Waals surface area contributed by atoms with Crippen LogP contribution < -0.4 is 0 Å². The van der Waals surface area contributed by atoms with Gasteiger partial charge in [-0.2, -0.15) is 0 Å². The van der Waals surface area contributed by atoms with Gasteiger partial charge in [-0.15, -0.1) is 0 Å². The third-order valence-electron chi connectivity index (χ3n) is 2.56. The van der Waals surface area contributed by atoms with Crippen LogP contribution in [0.3, 0.4) is 0 Å². The lowest BCUT2D eigenvalue weighted by atomic mass is 10.3. The third-order valence-corrected chi connectivity index (χ3v) is 3.29. The first-order valence-corrected chi connectivity index (χ1v) is 6.01. The molecule has 4 nitrogen and oxygen atoms in total. The van der Waals surface area contributed by atoms with E-state index in [1.54, 1.807) is 0 Å². The monoisotopic (exact) mass is 308 g/mol. The first kappa shape index (κ1) is 14.0. The van der Waals surface area contributed by atoms with Crippen molar-refractivity contribution in [1.82, 2.24) is 9.55 Å². The van der Waals surface area contributed by atoms with Gasteiger partial charge < -0.3 is 9.67 Å². The molecule has 102 valence electrons. The highest BCUT2D eigenvalue weighted by molar-refractivity contribution is 6.42. The molecular formula is C11H8Cl2F2N2O2. The van der Waals surface area contributed by atoms with Crippen LogP contribution in [-0.4, -0.2) is 20.6 Å². The number of hydrogen-bond donors (Lipinski definition) is 1. The first-order chi connectivity index (χ1) is 8.90. The number of carboxylic acid groups (broad SMARTS) is 1. The summed E-state index contributed by atoms with van der Waals surface area (Å²) in [5.74, 6) is -1.57. The predicted molar refractivity (Wildman–Crippen MR) is 67.0 cm³/mol. The van der Waals surface area contributed by atoms with E-state index in [9.17, 15) is 13.6 Å². The van der Waals surface area contributed by atoms with E-state index in [0.29, 0.717) is 5.52 Å². The summed E-state index contributed by atoms with van der Waals surface area (Å²) in [6.45, 7) is -0.108. The molecule has 0 fully saturated rings. The normalized spacial score (nSPS) is 11.4. The van der Waals surface area contributed by atoms with Crippen LogP contribution in [0.2, 0.25) is 10.0 Å². The Balaban J connectivity index is 2.58. The smallest absolute Gasteiger partial charge is 0.305 e. The number of benzene rings is 1. The van der Waals surface area contributed by atoms with Gasteiger partial charge in [-0.1, -0.05) is 23.2 Å². The number of carboxylic acids is 1. The van der Waals surface area contributed by atoms with Crippen LogP contribution in [0.15, 0.2) is 12.1 Å². The van der Waals surface area contributed by atoms with E-state index < -0.39 is 18.2 Å². The summed E-state index contributed by atoms with van der Waals surface area (Å²) in [6, 6.07) is 2.78. The van der Waals surface area contributed by atoms with Gasteiger partial charge in [0.1, 0.15) is 0 Å². The van der Waals surface area contributed by atoms with Crippen molar-refractivity contribution < 1.29 is 18.7 Å². The van der Waals surface area contributed by atoms with Crippen LogP contribution in [0.1, 0.15) is 18.7 Å². The number of fused-ring (bicyclic) bond motifs is 1. The van der Waals surface area contributed by atoms with Crippen molar-refractivity contribution in [3.05, 3.63) is 28.0 Å². The Morgan fingerprint density at radius 3 is 2.58 bits per heavy atom. The number of alkyl halides is 2. The number of imidazole rings is 1. The maximum absolute atomic E-state index is 12.9.